The number of hydrogen-bond acceptors (Lipinski definition) is 5. The topological polar surface area (TPSA) is 96.6 Å². The Balaban J connectivity index is 0.00000243. The number of carbonyl (C=O) groups excluding carboxylic acids is 1. The van der Waals surface area contributed by atoms with E-state index in [0.717, 1.165) is 10.9 Å². The van der Waals surface area contributed by atoms with Crippen molar-refractivity contribution in [2.24, 2.45) is 5.73 Å². The average Bonchev–Trinajstić information content (AvgIpc) is 2.60. The smallest absolute Gasteiger partial charge is 0.245 e. The van der Waals surface area contributed by atoms with Gasteiger partial charge in [-0.1, -0.05) is 12.1 Å². The van der Waals surface area contributed by atoms with Crippen LogP contribution in [0.5, 0.6) is 0 Å². The van der Waals surface area contributed by atoms with Crippen LogP contribution in [0.1, 0.15) is 12.5 Å². The Morgan fingerprint density at radius 1 is 1.23 bits per heavy atom. The lowest BCUT2D eigenvalue weighted by Crippen LogP contribution is -2.53. The number of fused-ring (bicyclic) bond motifs is 1. The Hall–Kier alpha value is -1.74. The molecule has 0 bridgehead atoms. The SMILES string of the molecule is Cc1cnc2c(S(=O)(=O)N3CCN(C(=O)[C@@H](C)N)CC3)cccc2c1.Cl. The number of pyridine rings is 1. The Morgan fingerprint density at radius 2 is 1.88 bits per heavy atom. The maximum atomic E-state index is 13.1. The standard InChI is InChI=1S/C17H22N4O3S.ClH/c1-12-10-14-4-3-5-15(16(14)19-11-12)25(23,24)21-8-6-20(7-9-21)17(22)13(2)18;/h3-5,10-11,13H,6-9,18H2,1-2H3;1H/t13-;/m1./s1. The first kappa shape index (κ1) is 20.6. The van der Waals surface area contributed by atoms with Gasteiger partial charge < -0.3 is 10.6 Å². The number of carbonyl (C=O) groups is 1. The number of benzene rings is 1. The highest BCUT2D eigenvalue weighted by atomic mass is 35.5. The van der Waals surface area contributed by atoms with Gasteiger partial charge in [-0.05, 0) is 31.5 Å². The molecule has 1 saturated heterocycles. The van der Waals surface area contributed by atoms with Crippen molar-refractivity contribution in [3.05, 3.63) is 36.0 Å². The molecule has 2 heterocycles. The molecule has 1 aromatic heterocycles. The van der Waals surface area contributed by atoms with E-state index in [0.29, 0.717) is 18.6 Å². The molecule has 1 aromatic carbocycles. The van der Waals surface area contributed by atoms with Crippen molar-refractivity contribution in [1.82, 2.24) is 14.2 Å². The summed E-state index contributed by atoms with van der Waals surface area (Å²) in [5.41, 5.74) is 7.07. The number of aromatic nitrogens is 1. The molecular weight excluding hydrogens is 376 g/mol. The molecule has 9 heteroatoms. The van der Waals surface area contributed by atoms with Crippen molar-refractivity contribution in [3.63, 3.8) is 0 Å². The molecule has 142 valence electrons. The van der Waals surface area contributed by atoms with Crippen molar-refractivity contribution >= 4 is 39.2 Å². The Labute approximate surface area is 159 Å². The second kappa shape index (κ2) is 7.87. The summed E-state index contributed by atoms with van der Waals surface area (Å²) in [6.45, 7) is 4.75. The van der Waals surface area contributed by atoms with Gasteiger partial charge in [0.05, 0.1) is 11.6 Å². The minimum atomic E-state index is -3.67. The largest absolute Gasteiger partial charge is 0.339 e. The van der Waals surface area contributed by atoms with Crippen LogP contribution in [0.2, 0.25) is 0 Å². The summed E-state index contributed by atoms with van der Waals surface area (Å²) in [4.78, 5) is 18.1. The normalized spacial score (nSPS) is 17.0. The molecule has 2 N–H and O–H groups in total. The van der Waals surface area contributed by atoms with Gasteiger partial charge in [0.25, 0.3) is 0 Å². The first-order chi connectivity index (χ1) is 11.8. The highest BCUT2D eigenvalue weighted by Crippen LogP contribution is 2.25. The van der Waals surface area contributed by atoms with E-state index in [1.807, 2.05) is 19.1 Å². The van der Waals surface area contributed by atoms with Crippen LogP contribution in [-0.4, -0.2) is 60.7 Å². The van der Waals surface area contributed by atoms with E-state index in [1.165, 1.54) is 4.31 Å². The monoisotopic (exact) mass is 398 g/mol. The van der Waals surface area contributed by atoms with Crippen LogP contribution >= 0.6 is 12.4 Å². The van der Waals surface area contributed by atoms with E-state index in [4.69, 9.17) is 5.73 Å². The zero-order valence-electron chi connectivity index (χ0n) is 14.8. The highest BCUT2D eigenvalue weighted by Gasteiger charge is 2.32. The lowest BCUT2D eigenvalue weighted by molar-refractivity contribution is -0.133. The molecule has 1 aliphatic rings. The fourth-order valence-corrected chi connectivity index (χ4v) is 4.61. The van der Waals surface area contributed by atoms with Gasteiger partial charge in [-0.3, -0.25) is 9.78 Å². The minimum Gasteiger partial charge on any atom is -0.339 e. The molecule has 0 radical (unpaired) electrons. The molecule has 0 aliphatic carbocycles. The number of para-hydroxylation sites is 1. The molecular formula is C17H23ClN4O3S. The highest BCUT2D eigenvalue weighted by molar-refractivity contribution is 7.89. The van der Waals surface area contributed by atoms with Crippen molar-refractivity contribution < 1.29 is 13.2 Å². The fraction of sp³-hybridized carbons (Fsp3) is 0.412. The summed E-state index contributed by atoms with van der Waals surface area (Å²) in [7, 11) is -3.67. The average molecular weight is 399 g/mol. The van der Waals surface area contributed by atoms with Crippen molar-refractivity contribution in [1.29, 1.82) is 0 Å². The Morgan fingerprint density at radius 3 is 2.50 bits per heavy atom. The first-order valence-corrected chi connectivity index (χ1v) is 9.64. The van der Waals surface area contributed by atoms with E-state index in [1.54, 1.807) is 30.2 Å². The molecule has 2 aromatic rings. The van der Waals surface area contributed by atoms with E-state index in [-0.39, 0.29) is 36.3 Å². The summed E-state index contributed by atoms with van der Waals surface area (Å²) >= 11 is 0. The molecule has 3 rings (SSSR count). The van der Waals surface area contributed by atoms with Gasteiger partial charge >= 0.3 is 0 Å². The number of nitrogens with zero attached hydrogens (tertiary/aromatic N) is 3. The van der Waals surface area contributed by atoms with Gasteiger partial charge in [-0.2, -0.15) is 4.31 Å². The van der Waals surface area contributed by atoms with Crippen LogP contribution in [0.4, 0.5) is 0 Å². The van der Waals surface area contributed by atoms with Crippen molar-refractivity contribution in [3.8, 4) is 0 Å². The quantitative estimate of drug-likeness (QED) is 0.836. The zero-order valence-corrected chi connectivity index (χ0v) is 16.4. The van der Waals surface area contributed by atoms with Gasteiger partial charge in [-0.25, -0.2) is 8.42 Å². The number of piperazine rings is 1. The Bertz CT molecular complexity index is 909. The molecule has 0 spiro atoms. The number of nitrogens with two attached hydrogens (primary N) is 1. The molecule has 1 atom stereocenters. The van der Waals surface area contributed by atoms with Gasteiger partial charge in [0.1, 0.15) is 4.90 Å². The fourth-order valence-electron chi connectivity index (χ4n) is 3.03. The van der Waals surface area contributed by atoms with Crippen molar-refractivity contribution in [2.45, 2.75) is 24.8 Å². The summed E-state index contributed by atoms with van der Waals surface area (Å²) < 4.78 is 27.5. The molecule has 0 saturated carbocycles. The number of aryl methyl sites for hydroxylation is 1. The molecule has 0 unspecified atom stereocenters. The van der Waals surface area contributed by atoms with Crippen LogP contribution in [0.3, 0.4) is 0 Å². The van der Waals surface area contributed by atoms with E-state index in [9.17, 15) is 13.2 Å². The summed E-state index contributed by atoms with van der Waals surface area (Å²) in [5.74, 6) is -0.153. The van der Waals surface area contributed by atoms with Crippen LogP contribution in [0.15, 0.2) is 35.4 Å². The van der Waals surface area contributed by atoms with Crippen LogP contribution < -0.4 is 5.73 Å². The van der Waals surface area contributed by atoms with Crippen LogP contribution in [0, 0.1) is 6.92 Å². The van der Waals surface area contributed by atoms with Crippen LogP contribution in [-0.2, 0) is 14.8 Å². The first-order valence-electron chi connectivity index (χ1n) is 8.20. The van der Waals surface area contributed by atoms with Gasteiger partial charge in [0.15, 0.2) is 0 Å². The maximum Gasteiger partial charge on any atom is 0.245 e. The molecule has 26 heavy (non-hydrogen) atoms. The molecule has 1 aliphatic heterocycles. The van der Waals surface area contributed by atoms with Crippen LogP contribution in [0.25, 0.3) is 10.9 Å². The van der Waals surface area contributed by atoms with Gasteiger partial charge in [-0.15, -0.1) is 12.4 Å². The second-order valence-electron chi connectivity index (χ2n) is 6.36. The minimum absolute atomic E-state index is 0. The zero-order chi connectivity index (χ0) is 18.2. The second-order valence-corrected chi connectivity index (χ2v) is 8.26. The number of hydrogen-bond donors (Lipinski definition) is 1. The number of rotatable bonds is 3. The molecule has 1 fully saturated rings. The third-order valence-corrected chi connectivity index (χ3v) is 6.30. The maximum absolute atomic E-state index is 13.1. The van der Waals surface area contributed by atoms with E-state index in [2.05, 4.69) is 4.98 Å². The summed E-state index contributed by atoms with van der Waals surface area (Å²) in [6.07, 6.45) is 1.67. The lowest BCUT2D eigenvalue weighted by atomic mass is 10.2. The predicted molar refractivity (Wildman–Crippen MR) is 103 cm³/mol. The summed E-state index contributed by atoms with van der Waals surface area (Å²) in [5, 5.41) is 0.798. The van der Waals surface area contributed by atoms with E-state index >= 15 is 0 Å². The third kappa shape index (κ3) is 3.83. The number of halogens is 1. The van der Waals surface area contributed by atoms with E-state index < -0.39 is 16.1 Å². The predicted octanol–water partition coefficient (Wildman–Crippen LogP) is 1.15. The third-order valence-electron chi connectivity index (χ3n) is 4.37. The number of sulfonamides is 1. The molecule has 7 nitrogen and oxygen atoms in total. The molecule has 1 amide bonds. The summed E-state index contributed by atoms with van der Waals surface area (Å²) in [6, 6.07) is 6.51. The van der Waals surface area contributed by atoms with Gasteiger partial charge in [0.2, 0.25) is 15.9 Å². The van der Waals surface area contributed by atoms with Crippen molar-refractivity contribution in [2.75, 3.05) is 26.2 Å². The Kier molecular flexibility index (Phi) is 6.23. The van der Waals surface area contributed by atoms with Gasteiger partial charge in [0, 0.05) is 37.8 Å². The number of amides is 1. The lowest BCUT2D eigenvalue weighted by Gasteiger charge is -2.34.